The fourth-order valence-corrected chi connectivity index (χ4v) is 4.00. The molecular formula is C19H26F3NO2S. The molecular weight excluding hydrogens is 363 g/mol. The number of halogens is 3. The van der Waals surface area contributed by atoms with Crippen molar-refractivity contribution in [3.05, 3.63) is 35.4 Å². The summed E-state index contributed by atoms with van der Waals surface area (Å²) in [5, 5.41) is 0. The van der Waals surface area contributed by atoms with Crippen molar-refractivity contribution in [1.29, 1.82) is 0 Å². The highest BCUT2D eigenvalue weighted by Crippen LogP contribution is 2.37. The molecule has 0 N–H and O–H groups in total. The van der Waals surface area contributed by atoms with Crippen molar-refractivity contribution in [2.45, 2.75) is 38.4 Å². The Morgan fingerprint density at radius 1 is 1.31 bits per heavy atom. The standard InChI is InChI=1S/C19H26F3NO2S/c1-3-26-12-10-17(24)25-13-15-5-4-11-23(2)18(15)14-6-8-16(9-7-14)19(20,21)22/h6-9,15,18H,3-5,10-13H2,1-2H3/t15-,18-/m1/s1. The largest absolute Gasteiger partial charge is 0.465 e. The molecule has 1 aliphatic rings. The van der Waals surface area contributed by atoms with Gasteiger partial charge in [-0.1, -0.05) is 19.1 Å². The Bertz CT molecular complexity index is 577. The van der Waals surface area contributed by atoms with E-state index in [0.717, 1.165) is 48.6 Å². The number of hydrogen-bond donors (Lipinski definition) is 0. The summed E-state index contributed by atoms with van der Waals surface area (Å²) in [4.78, 5) is 14.0. The third kappa shape index (κ3) is 5.91. The second-order valence-corrected chi connectivity index (χ2v) is 7.97. The van der Waals surface area contributed by atoms with E-state index in [-0.39, 0.29) is 17.9 Å². The van der Waals surface area contributed by atoms with Crippen molar-refractivity contribution in [2.75, 3.05) is 31.7 Å². The van der Waals surface area contributed by atoms with Crippen LogP contribution < -0.4 is 0 Å². The van der Waals surface area contributed by atoms with Gasteiger partial charge in [-0.05, 0) is 49.9 Å². The van der Waals surface area contributed by atoms with Gasteiger partial charge >= 0.3 is 12.1 Å². The molecule has 0 saturated carbocycles. The minimum absolute atomic E-state index is 0.0381. The summed E-state index contributed by atoms with van der Waals surface area (Å²) in [5.41, 5.74) is 0.193. The summed E-state index contributed by atoms with van der Waals surface area (Å²) in [5.74, 6) is 1.61. The molecule has 1 fully saturated rings. The van der Waals surface area contributed by atoms with Crippen molar-refractivity contribution < 1.29 is 22.7 Å². The van der Waals surface area contributed by atoms with E-state index in [1.165, 1.54) is 0 Å². The maximum atomic E-state index is 12.8. The fourth-order valence-electron chi connectivity index (χ4n) is 3.40. The first kappa shape index (κ1) is 21.1. The molecule has 1 heterocycles. The van der Waals surface area contributed by atoms with Crippen LogP contribution in [-0.4, -0.2) is 42.6 Å². The Hall–Kier alpha value is -1.21. The van der Waals surface area contributed by atoms with Gasteiger partial charge in [0.2, 0.25) is 0 Å². The van der Waals surface area contributed by atoms with E-state index in [9.17, 15) is 18.0 Å². The van der Waals surface area contributed by atoms with Crippen LogP contribution in [0, 0.1) is 5.92 Å². The summed E-state index contributed by atoms with van der Waals surface area (Å²) in [6.07, 6.45) is -2.05. The normalized spacial score (nSPS) is 21.6. The summed E-state index contributed by atoms with van der Waals surface area (Å²) in [6, 6.07) is 5.30. The lowest BCUT2D eigenvalue weighted by Crippen LogP contribution is -2.38. The van der Waals surface area contributed by atoms with Crippen LogP contribution in [0.3, 0.4) is 0 Å². The number of alkyl halides is 3. The van der Waals surface area contributed by atoms with Gasteiger partial charge < -0.3 is 4.74 Å². The van der Waals surface area contributed by atoms with Crippen molar-refractivity contribution in [3.8, 4) is 0 Å². The molecule has 1 saturated heterocycles. The van der Waals surface area contributed by atoms with Crippen LogP contribution in [0.2, 0.25) is 0 Å². The van der Waals surface area contributed by atoms with Crippen LogP contribution in [0.4, 0.5) is 13.2 Å². The van der Waals surface area contributed by atoms with Gasteiger partial charge in [-0.3, -0.25) is 9.69 Å². The van der Waals surface area contributed by atoms with Gasteiger partial charge in [-0.15, -0.1) is 0 Å². The molecule has 1 aromatic rings. The first-order valence-corrected chi connectivity index (χ1v) is 10.1. The lowest BCUT2D eigenvalue weighted by atomic mass is 9.85. The number of carbonyl (C=O) groups is 1. The predicted octanol–water partition coefficient (Wildman–Crippen LogP) is 4.77. The number of rotatable bonds is 7. The van der Waals surface area contributed by atoms with Crippen LogP contribution in [0.1, 0.15) is 43.4 Å². The molecule has 1 aromatic carbocycles. The Morgan fingerprint density at radius 2 is 2.00 bits per heavy atom. The molecule has 0 radical (unpaired) electrons. The van der Waals surface area contributed by atoms with Gasteiger partial charge in [0.25, 0.3) is 0 Å². The molecule has 1 aliphatic heterocycles. The highest BCUT2D eigenvalue weighted by Gasteiger charge is 2.33. The fraction of sp³-hybridized carbons (Fsp3) is 0.632. The monoisotopic (exact) mass is 389 g/mol. The van der Waals surface area contributed by atoms with Crippen molar-refractivity contribution in [1.82, 2.24) is 4.90 Å². The predicted molar refractivity (Wildman–Crippen MR) is 98.1 cm³/mol. The van der Waals surface area contributed by atoms with E-state index in [2.05, 4.69) is 4.90 Å². The number of thioether (sulfide) groups is 1. The Morgan fingerprint density at radius 3 is 2.62 bits per heavy atom. The Balaban J connectivity index is 2.02. The molecule has 0 spiro atoms. The number of piperidine rings is 1. The Kier molecular flexibility index (Phi) is 7.83. The van der Waals surface area contributed by atoms with Gasteiger partial charge in [0.15, 0.2) is 0 Å². The van der Waals surface area contributed by atoms with Crippen LogP contribution in [-0.2, 0) is 15.7 Å². The topological polar surface area (TPSA) is 29.5 Å². The summed E-state index contributed by atoms with van der Waals surface area (Å²) < 4.78 is 43.8. The third-order valence-electron chi connectivity index (χ3n) is 4.70. The highest BCUT2D eigenvalue weighted by molar-refractivity contribution is 7.99. The zero-order valence-electron chi connectivity index (χ0n) is 15.2. The first-order valence-electron chi connectivity index (χ1n) is 8.93. The van der Waals surface area contributed by atoms with E-state index in [1.807, 2.05) is 14.0 Å². The molecule has 7 heteroatoms. The first-order chi connectivity index (χ1) is 12.3. The summed E-state index contributed by atoms with van der Waals surface area (Å²) in [7, 11) is 1.97. The van der Waals surface area contributed by atoms with Gasteiger partial charge in [0.05, 0.1) is 18.6 Å². The molecule has 26 heavy (non-hydrogen) atoms. The molecule has 0 aromatic heterocycles. The summed E-state index contributed by atoms with van der Waals surface area (Å²) >= 11 is 1.70. The zero-order chi connectivity index (χ0) is 19.2. The average molecular weight is 389 g/mol. The van der Waals surface area contributed by atoms with E-state index in [4.69, 9.17) is 4.74 Å². The highest BCUT2D eigenvalue weighted by atomic mass is 32.2. The zero-order valence-corrected chi connectivity index (χ0v) is 16.0. The van der Waals surface area contributed by atoms with Crippen LogP contribution in [0.15, 0.2) is 24.3 Å². The van der Waals surface area contributed by atoms with Gasteiger partial charge in [0, 0.05) is 17.7 Å². The number of ether oxygens (including phenoxy) is 1. The van der Waals surface area contributed by atoms with E-state index in [0.29, 0.717) is 13.0 Å². The van der Waals surface area contributed by atoms with E-state index in [1.54, 1.807) is 23.9 Å². The summed E-state index contributed by atoms with van der Waals surface area (Å²) in [6.45, 7) is 3.23. The SMILES string of the molecule is CCSCCC(=O)OC[C@H]1CCCN(C)[C@@H]1c1ccc(C(F)(F)F)cc1. The number of carbonyl (C=O) groups excluding carboxylic acids is 1. The molecule has 0 bridgehead atoms. The minimum Gasteiger partial charge on any atom is -0.465 e. The van der Waals surface area contributed by atoms with Crippen LogP contribution in [0.5, 0.6) is 0 Å². The maximum absolute atomic E-state index is 12.8. The number of benzene rings is 1. The van der Waals surface area contributed by atoms with Crippen LogP contribution >= 0.6 is 11.8 Å². The van der Waals surface area contributed by atoms with Crippen molar-refractivity contribution >= 4 is 17.7 Å². The molecule has 0 unspecified atom stereocenters. The number of esters is 1. The number of likely N-dealkylation sites (tertiary alicyclic amines) is 1. The number of hydrogen-bond acceptors (Lipinski definition) is 4. The minimum atomic E-state index is -4.33. The Labute approximate surface area is 157 Å². The van der Waals surface area contributed by atoms with Crippen molar-refractivity contribution in [3.63, 3.8) is 0 Å². The number of nitrogens with zero attached hydrogens (tertiary/aromatic N) is 1. The van der Waals surface area contributed by atoms with Gasteiger partial charge in [-0.25, -0.2) is 0 Å². The maximum Gasteiger partial charge on any atom is 0.416 e. The van der Waals surface area contributed by atoms with Gasteiger partial charge in [0.1, 0.15) is 0 Å². The molecule has 0 amide bonds. The smallest absolute Gasteiger partial charge is 0.416 e. The quantitative estimate of drug-likeness (QED) is 0.496. The second kappa shape index (κ2) is 9.65. The third-order valence-corrected chi connectivity index (χ3v) is 5.60. The van der Waals surface area contributed by atoms with Crippen molar-refractivity contribution in [2.24, 2.45) is 5.92 Å². The molecule has 0 aliphatic carbocycles. The molecule has 146 valence electrons. The average Bonchev–Trinajstić information content (AvgIpc) is 2.59. The molecule has 3 nitrogen and oxygen atoms in total. The van der Waals surface area contributed by atoms with Crippen LogP contribution in [0.25, 0.3) is 0 Å². The van der Waals surface area contributed by atoms with E-state index >= 15 is 0 Å². The lowest BCUT2D eigenvalue weighted by molar-refractivity contribution is -0.146. The van der Waals surface area contributed by atoms with Gasteiger partial charge in [-0.2, -0.15) is 24.9 Å². The van der Waals surface area contributed by atoms with E-state index < -0.39 is 11.7 Å². The lowest BCUT2D eigenvalue weighted by Gasteiger charge is -2.39. The second-order valence-electron chi connectivity index (χ2n) is 6.58. The molecule has 2 rings (SSSR count). The molecule has 2 atom stereocenters.